The predicted molar refractivity (Wildman–Crippen MR) is 101 cm³/mol. The van der Waals surface area contributed by atoms with Crippen molar-refractivity contribution in [3.8, 4) is 10.6 Å². The van der Waals surface area contributed by atoms with Gasteiger partial charge in [0.2, 0.25) is 0 Å². The van der Waals surface area contributed by atoms with Crippen molar-refractivity contribution >= 4 is 23.2 Å². The maximum Gasteiger partial charge on any atom is 0.358 e. The van der Waals surface area contributed by atoms with Crippen molar-refractivity contribution in [1.82, 2.24) is 10.3 Å². The van der Waals surface area contributed by atoms with Crippen molar-refractivity contribution in [3.05, 3.63) is 77.3 Å². The zero-order valence-corrected chi connectivity index (χ0v) is 15.0. The van der Waals surface area contributed by atoms with Gasteiger partial charge in [-0.3, -0.25) is 4.79 Å². The lowest BCUT2D eigenvalue weighted by Gasteiger charge is -2.14. The first-order chi connectivity index (χ1) is 12.6. The SMILES string of the molecule is C[C@H](NC(=O)COC(=O)c1csc(-c2ccccc2)n1)c1ccccc1. The molecule has 1 N–H and O–H groups in total. The molecule has 0 radical (unpaired) electrons. The Balaban J connectivity index is 1.52. The fourth-order valence-electron chi connectivity index (χ4n) is 2.39. The number of nitrogens with one attached hydrogen (secondary N) is 1. The summed E-state index contributed by atoms with van der Waals surface area (Å²) in [5.41, 5.74) is 2.13. The van der Waals surface area contributed by atoms with Crippen molar-refractivity contribution in [2.45, 2.75) is 13.0 Å². The van der Waals surface area contributed by atoms with E-state index in [2.05, 4.69) is 10.3 Å². The number of rotatable bonds is 6. The van der Waals surface area contributed by atoms with Gasteiger partial charge in [-0.25, -0.2) is 9.78 Å². The van der Waals surface area contributed by atoms with E-state index in [9.17, 15) is 9.59 Å². The molecule has 132 valence electrons. The highest BCUT2D eigenvalue weighted by Crippen LogP contribution is 2.23. The number of benzene rings is 2. The Morgan fingerprint density at radius 2 is 1.73 bits per heavy atom. The van der Waals surface area contributed by atoms with E-state index in [1.165, 1.54) is 11.3 Å². The second kappa shape index (κ2) is 8.40. The van der Waals surface area contributed by atoms with Gasteiger partial charge in [0.1, 0.15) is 5.01 Å². The molecular weight excluding hydrogens is 348 g/mol. The number of nitrogens with zero attached hydrogens (tertiary/aromatic N) is 1. The molecule has 0 aliphatic carbocycles. The van der Waals surface area contributed by atoms with Gasteiger partial charge in [-0.2, -0.15) is 0 Å². The summed E-state index contributed by atoms with van der Waals surface area (Å²) >= 11 is 1.36. The van der Waals surface area contributed by atoms with Gasteiger partial charge >= 0.3 is 5.97 Å². The average Bonchev–Trinajstić information content (AvgIpc) is 3.18. The molecule has 0 aliphatic heterocycles. The van der Waals surface area contributed by atoms with Crippen LogP contribution < -0.4 is 5.32 Å². The number of hydrogen-bond donors (Lipinski definition) is 1. The number of amides is 1. The molecule has 5 nitrogen and oxygen atoms in total. The van der Waals surface area contributed by atoms with Crippen LogP contribution in [-0.2, 0) is 9.53 Å². The maximum absolute atomic E-state index is 12.1. The summed E-state index contributed by atoms with van der Waals surface area (Å²) in [6.45, 7) is 1.54. The molecule has 1 atom stereocenters. The van der Waals surface area contributed by atoms with Crippen LogP contribution in [0.25, 0.3) is 10.6 Å². The van der Waals surface area contributed by atoms with E-state index in [1.54, 1.807) is 5.38 Å². The Morgan fingerprint density at radius 3 is 2.42 bits per heavy atom. The van der Waals surface area contributed by atoms with Crippen LogP contribution in [0.2, 0.25) is 0 Å². The Morgan fingerprint density at radius 1 is 1.08 bits per heavy atom. The smallest absolute Gasteiger partial charge is 0.358 e. The van der Waals surface area contributed by atoms with E-state index in [1.807, 2.05) is 67.6 Å². The quantitative estimate of drug-likeness (QED) is 0.673. The molecule has 3 rings (SSSR count). The number of ether oxygens (including phenoxy) is 1. The molecule has 0 aliphatic rings. The van der Waals surface area contributed by atoms with Crippen LogP contribution in [0.5, 0.6) is 0 Å². The Bertz CT molecular complexity index is 878. The minimum atomic E-state index is -0.606. The molecular formula is C20H18N2O3S. The fraction of sp³-hybridized carbons (Fsp3) is 0.150. The molecule has 1 heterocycles. The molecule has 0 spiro atoms. The van der Waals surface area contributed by atoms with E-state index >= 15 is 0 Å². The van der Waals surface area contributed by atoms with Gasteiger partial charge in [0.15, 0.2) is 12.3 Å². The molecule has 3 aromatic rings. The first kappa shape index (κ1) is 17.8. The highest BCUT2D eigenvalue weighted by Gasteiger charge is 2.16. The fourth-order valence-corrected chi connectivity index (χ4v) is 3.19. The average molecular weight is 366 g/mol. The number of aromatic nitrogens is 1. The zero-order chi connectivity index (χ0) is 18.4. The summed E-state index contributed by atoms with van der Waals surface area (Å²) in [6.07, 6.45) is 0. The lowest BCUT2D eigenvalue weighted by Crippen LogP contribution is -2.31. The summed E-state index contributed by atoms with van der Waals surface area (Å²) in [5.74, 6) is -0.959. The normalized spacial score (nSPS) is 11.6. The highest BCUT2D eigenvalue weighted by molar-refractivity contribution is 7.13. The number of hydrogen-bond acceptors (Lipinski definition) is 5. The highest BCUT2D eigenvalue weighted by atomic mass is 32.1. The van der Waals surface area contributed by atoms with E-state index in [0.717, 1.165) is 16.1 Å². The number of thiazole rings is 1. The van der Waals surface area contributed by atoms with Crippen LogP contribution in [0, 0.1) is 0 Å². The minimum absolute atomic E-state index is 0.161. The Labute approximate surface area is 155 Å². The van der Waals surface area contributed by atoms with Gasteiger partial charge in [0.25, 0.3) is 5.91 Å². The molecule has 2 aromatic carbocycles. The van der Waals surface area contributed by atoms with Gasteiger partial charge in [-0.05, 0) is 12.5 Å². The molecule has 1 amide bonds. The lowest BCUT2D eigenvalue weighted by atomic mass is 10.1. The van der Waals surface area contributed by atoms with E-state index in [-0.39, 0.29) is 24.2 Å². The first-order valence-corrected chi connectivity index (χ1v) is 9.04. The monoisotopic (exact) mass is 366 g/mol. The molecule has 0 bridgehead atoms. The van der Waals surface area contributed by atoms with Crippen molar-refractivity contribution in [1.29, 1.82) is 0 Å². The topological polar surface area (TPSA) is 68.3 Å². The molecule has 1 aromatic heterocycles. The van der Waals surface area contributed by atoms with E-state index in [4.69, 9.17) is 4.74 Å². The molecule has 0 saturated heterocycles. The van der Waals surface area contributed by atoms with Gasteiger partial charge in [0, 0.05) is 10.9 Å². The van der Waals surface area contributed by atoms with Crippen LogP contribution >= 0.6 is 11.3 Å². The lowest BCUT2D eigenvalue weighted by molar-refractivity contribution is -0.124. The number of esters is 1. The Kier molecular flexibility index (Phi) is 5.76. The molecule has 26 heavy (non-hydrogen) atoms. The van der Waals surface area contributed by atoms with Gasteiger partial charge in [-0.15, -0.1) is 11.3 Å². The van der Waals surface area contributed by atoms with Crippen molar-refractivity contribution in [2.24, 2.45) is 0 Å². The Hall–Kier alpha value is -2.99. The third kappa shape index (κ3) is 4.55. The number of carbonyl (C=O) groups excluding carboxylic acids is 2. The maximum atomic E-state index is 12.1. The summed E-state index contributed by atoms with van der Waals surface area (Å²) in [5, 5.41) is 5.17. The van der Waals surface area contributed by atoms with Gasteiger partial charge < -0.3 is 10.1 Å². The summed E-state index contributed by atoms with van der Waals surface area (Å²) in [4.78, 5) is 28.4. The predicted octanol–water partition coefficient (Wildman–Crippen LogP) is 3.84. The second-order valence-electron chi connectivity index (χ2n) is 5.68. The van der Waals surface area contributed by atoms with Gasteiger partial charge in [-0.1, -0.05) is 60.7 Å². The van der Waals surface area contributed by atoms with Crippen molar-refractivity contribution in [3.63, 3.8) is 0 Å². The standard InChI is InChI=1S/C20H18N2O3S/c1-14(15-8-4-2-5-9-15)21-18(23)12-25-20(24)17-13-26-19(22-17)16-10-6-3-7-11-16/h2-11,13-14H,12H2,1H3,(H,21,23)/t14-/m0/s1. The molecule has 0 saturated carbocycles. The summed E-state index contributed by atoms with van der Waals surface area (Å²) < 4.78 is 5.07. The van der Waals surface area contributed by atoms with Crippen molar-refractivity contribution in [2.75, 3.05) is 6.61 Å². The third-order valence-corrected chi connectivity index (χ3v) is 4.64. The van der Waals surface area contributed by atoms with Crippen LogP contribution in [0.15, 0.2) is 66.0 Å². The first-order valence-electron chi connectivity index (χ1n) is 8.16. The van der Waals surface area contributed by atoms with Crippen LogP contribution in [0.1, 0.15) is 29.0 Å². The second-order valence-corrected chi connectivity index (χ2v) is 6.54. The minimum Gasteiger partial charge on any atom is -0.451 e. The summed E-state index contributed by atoms with van der Waals surface area (Å²) in [7, 11) is 0. The largest absolute Gasteiger partial charge is 0.451 e. The molecule has 6 heteroatoms. The van der Waals surface area contributed by atoms with Crippen molar-refractivity contribution < 1.29 is 14.3 Å². The molecule has 0 unspecified atom stereocenters. The zero-order valence-electron chi connectivity index (χ0n) is 14.2. The van der Waals surface area contributed by atoms with E-state index < -0.39 is 5.97 Å². The van der Waals surface area contributed by atoms with Crippen LogP contribution in [0.3, 0.4) is 0 Å². The van der Waals surface area contributed by atoms with E-state index in [0.29, 0.717) is 0 Å². The van der Waals surface area contributed by atoms with Crippen LogP contribution in [0.4, 0.5) is 0 Å². The molecule has 0 fully saturated rings. The van der Waals surface area contributed by atoms with Crippen LogP contribution in [-0.4, -0.2) is 23.5 Å². The number of carbonyl (C=O) groups is 2. The van der Waals surface area contributed by atoms with Gasteiger partial charge in [0.05, 0.1) is 6.04 Å². The third-order valence-electron chi connectivity index (χ3n) is 3.75. The summed E-state index contributed by atoms with van der Waals surface area (Å²) in [6, 6.07) is 19.0.